The molecule has 0 spiro atoms. The molecule has 0 atom stereocenters. The minimum Gasteiger partial charge on any atom is -0.390 e. The van der Waals surface area contributed by atoms with E-state index in [4.69, 9.17) is 5.73 Å². The minimum atomic E-state index is -0.544. The number of aliphatic hydroxyl groups is 1. The van der Waals surface area contributed by atoms with Gasteiger partial charge in [-0.2, -0.15) is 0 Å². The van der Waals surface area contributed by atoms with E-state index in [1.807, 2.05) is 18.2 Å². The lowest BCUT2D eigenvalue weighted by molar-refractivity contribution is -0.00351. The fourth-order valence-electron chi connectivity index (χ4n) is 3.08. The van der Waals surface area contributed by atoms with Crippen LogP contribution in [0, 0.1) is 5.82 Å². The van der Waals surface area contributed by atoms with Crippen LogP contribution in [0.25, 0.3) is 10.4 Å². The normalized spacial score (nSPS) is 14.6. The predicted molar refractivity (Wildman–Crippen MR) is 107 cm³/mol. The highest BCUT2D eigenvalue weighted by Gasteiger charge is 2.24. The molecular formula is C20H19FN4O2S. The number of primary amides is 1. The number of amides is 1. The summed E-state index contributed by atoms with van der Waals surface area (Å²) in [6.07, 6.45) is -0.254. The molecule has 6 nitrogen and oxygen atoms in total. The number of aliphatic hydroxyl groups excluding tert-OH is 1. The number of hydrogen-bond donors (Lipinski definition) is 3. The van der Waals surface area contributed by atoms with Crippen molar-refractivity contribution < 1.29 is 14.3 Å². The van der Waals surface area contributed by atoms with Crippen LogP contribution in [0.4, 0.5) is 15.2 Å². The van der Waals surface area contributed by atoms with Gasteiger partial charge in [0.05, 0.1) is 17.4 Å². The largest absolute Gasteiger partial charge is 0.390 e. The Morgan fingerprint density at radius 2 is 2.04 bits per heavy atom. The molecule has 1 fully saturated rings. The third-order valence-electron chi connectivity index (χ3n) is 4.50. The zero-order valence-corrected chi connectivity index (χ0v) is 15.7. The van der Waals surface area contributed by atoms with Crippen LogP contribution in [0.3, 0.4) is 0 Å². The van der Waals surface area contributed by atoms with Gasteiger partial charge >= 0.3 is 0 Å². The van der Waals surface area contributed by atoms with E-state index in [9.17, 15) is 14.3 Å². The third kappa shape index (κ3) is 4.04. The van der Waals surface area contributed by atoms with Gasteiger partial charge in [-0.15, -0.1) is 11.3 Å². The van der Waals surface area contributed by atoms with E-state index in [0.29, 0.717) is 36.0 Å². The van der Waals surface area contributed by atoms with E-state index >= 15 is 0 Å². The summed E-state index contributed by atoms with van der Waals surface area (Å²) in [6, 6.07) is 13.4. The molecule has 4 rings (SSSR count). The number of nitrogens with two attached hydrogens (primary N) is 1. The topological polar surface area (TPSA) is 91.5 Å². The summed E-state index contributed by atoms with van der Waals surface area (Å²) in [5, 5.41) is 13.2. The molecule has 1 saturated heterocycles. The number of hydrogen-bond acceptors (Lipinski definition) is 6. The summed E-state index contributed by atoms with van der Waals surface area (Å²) in [7, 11) is 0. The van der Waals surface area contributed by atoms with Crippen LogP contribution >= 0.6 is 11.3 Å². The molecular weight excluding hydrogens is 379 g/mol. The number of benzene rings is 1. The lowest BCUT2D eigenvalue weighted by Gasteiger charge is -2.35. The van der Waals surface area contributed by atoms with Crippen LogP contribution in [-0.2, 0) is 6.54 Å². The molecule has 1 amide bonds. The van der Waals surface area contributed by atoms with Gasteiger partial charge in [0.15, 0.2) is 0 Å². The van der Waals surface area contributed by atoms with Crippen LogP contribution in [-0.4, -0.2) is 40.1 Å². The molecule has 1 aromatic carbocycles. The number of carbonyl (C=O) groups is 1. The number of β-amino-alcohol motifs (C(OH)–C–C–N with tert-alkyl or cyclic N) is 1. The molecule has 3 heterocycles. The van der Waals surface area contributed by atoms with E-state index in [1.165, 1.54) is 23.5 Å². The highest BCUT2D eigenvalue weighted by atomic mass is 32.1. The van der Waals surface area contributed by atoms with Crippen molar-refractivity contribution >= 4 is 28.1 Å². The first kappa shape index (κ1) is 18.5. The molecule has 0 unspecified atom stereocenters. The first-order valence-electron chi connectivity index (χ1n) is 8.81. The Kier molecular flexibility index (Phi) is 5.08. The van der Waals surface area contributed by atoms with Gasteiger partial charge in [0.25, 0.3) is 5.91 Å². The van der Waals surface area contributed by atoms with Gasteiger partial charge in [-0.05, 0) is 35.9 Å². The van der Waals surface area contributed by atoms with E-state index in [1.54, 1.807) is 18.2 Å². The van der Waals surface area contributed by atoms with Gasteiger partial charge < -0.3 is 16.2 Å². The quantitative estimate of drug-likeness (QED) is 0.594. The van der Waals surface area contributed by atoms with Crippen LogP contribution in [0.15, 0.2) is 48.5 Å². The fraction of sp³-hybridized carbons (Fsp3) is 0.200. The second-order valence-electron chi connectivity index (χ2n) is 6.71. The van der Waals surface area contributed by atoms with Crippen LogP contribution < -0.4 is 11.1 Å². The Labute approximate surface area is 165 Å². The number of nitrogens with one attached hydrogen (secondary N) is 1. The van der Waals surface area contributed by atoms with Crippen molar-refractivity contribution in [3.63, 3.8) is 0 Å². The van der Waals surface area contributed by atoms with E-state index < -0.39 is 5.91 Å². The summed E-state index contributed by atoms with van der Waals surface area (Å²) in [6.45, 7) is 1.95. The SMILES string of the molecule is NC(=O)c1cc(-c2ccc(F)cc2)sc1Nc1cccc(CN2CC(O)C2)n1. The Bertz CT molecular complexity index is 1000. The average Bonchev–Trinajstić information content (AvgIpc) is 3.05. The smallest absolute Gasteiger partial charge is 0.251 e. The Balaban J connectivity index is 1.57. The number of carbonyl (C=O) groups excluding carboxylic acids is 1. The molecule has 0 radical (unpaired) electrons. The van der Waals surface area contributed by atoms with E-state index in [2.05, 4.69) is 15.2 Å². The van der Waals surface area contributed by atoms with Crippen LogP contribution in [0.1, 0.15) is 16.1 Å². The molecule has 1 aliphatic rings. The highest BCUT2D eigenvalue weighted by molar-refractivity contribution is 7.19. The predicted octanol–water partition coefficient (Wildman–Crippen LogP) is 2.97. The molecule has 144 valence electrons. The number of halogens is 1. The van der Waals surface area contributed by atoms with Crippen molar-refractivity contribution in [2.75, 3.05) is 18.4 Å². The molecule has 1 aliphatic heterocycles. The molecule has 2 aromatic heterocycles. The maximum absolute atomic E-state index is 13.2. The van der Waals surface area contributed by atoms with Gasteiger partial charge in [0.1, 0.15) is 16.6 Å². The third-order valence-corrected chi connectivity index (χ3v) is 5.60. The Hall–Kier alpha value is -2.81. The number of thiophene rings is 1. The summed E-state index contributed by atoms with van der Waals surface area (Å²) in [5.41, 5.74) is 7.57. The fourth-order valence-corrected chi connectivity index (χ4v) is 4.15. The van der Waals surface area contributed by atoms with Crippen molar-refractivity contribution in [1.29, 1.82) is 0 Å². The second kappa shape index (κ2) is 7.67. The molecule has 28 heavy (non-hydrogen) atoms. The molecule has 3 aromatic rings. The minimum absolute atomic E-state index is 0.254. The maximum Gasteiger partial charge on any atom is 0.251 e. The Morgan fingerprint density at radius 1 is 1.29 bits per heavy atom. The zero-order valence-electron chi connectivity index (χ0n) is 14.9. The number of aromatic nitrogens is 1. The van der Waals surface area contributed by atoms with Crippen molar-refractivity contribution in [3.05, 3.63) is 65.6 Å². The number of pyridine rings is 1. The van der Waals surface area contributed by atoms with Gasteiger partial charge in [0.2, 0.25) is 0 Å². The van der Waals surface area contributed by atoms with Crippen molar-refractivity contribution in [2.45, 2.75) is 12.6 Å². The number of nitrogens with zero attached hydrogens (tertiary/aromatic N) is 2. The van der Waals surface area contributed by atoms with Crippen molar-refractivity contribution in [1.82, 2.24) is 9.88 Å². The lowest BCUT2D eigenvalue weighted by atomic mass is 10.1. The highest BCUT2D eigenvalue weighted by Crippen LogP contribution is 2.36. The Morgan fingerprint density at radius 3 is 2.71 bits per heavy atom. The average molecular weight is 398 g/mol. The van der Waals surface area contributed by atoms with E-state index in [-0.39, 0.29) is 11.9 Å². The number of likely N-dealkylation sites (tertiary alicyclic amines) is 1. The van der Waals surface area contributed by atoms with Gasteiger partial charge in [-0.1, -0.05) is 18.2 Å². The number of anilines is 2. The second-order valence-corrected chi connectivity index (χ2v) is 7.76. The molecule has 0 saturated carbocycles. The lowest BCUT2D eigenvalue weighted by Crippen LogP contribution is -2.49. The monoisotopic (exact) mass is 398 g/mol. The van der Waals surface area contributed by atoms with Crippen molar-refractivity contribution in [3.8, 4) is 10.4 Å². The van der Waals surface area contributed by atoms with Gasteiger partial charge in [0, 0.05) is 24.5 Å². The first-order chi connectivity index (χ1) is 13.5. The summed E-state index contributed by atoms with van der Waals surface area (Å²) in [5.74, 6) is -0.254. The van der Waals surface area contributed by atoms with E-state index in [0.717, 1.165) is 16.1 Å². The molecule has 0 aliphatic carbocycles. The van der Waals surface area contributed by atoms with Crippen LogP contribution in [0.5, 0.6) is 0 Å². The summed E-state index contributed by atoms with van der Waals surface area (Å²) < 4.78 is 13.2. The first-order valence-corrected chi connectivity index (χ1v) is 9.62. The summed E-state index contributed by atoms with van der Waals surface area (Å²) in [4.78, 5) is 19.4. The molecule has 0 bridgehead atoms. The number of rotatable bonds is 6. The standard InChI is InChI=1S/C20H19FN4O2S/c21-13-6-4-12(5-7-13)17-8-16(19(22)27)20(28-17)24-18-3-1-2-14(23-18)9-25-10-15(26)11-25/h1-8,15,26H,9-11H2,(H2,22,27)(H,23,24). The van der Waals surface area contributed by atoms with Gasteiger partial charge in [-0.3, -0.25) is 9.69 Å². The zero-order chi connectivity index (χ0) is 19.7. The molecule has 8 heteroatoms. The van der Waals surface area contributed by atoms with Crippen molar-refractivity contribution in [2.24, 2.45) is 5.73 Å². The molecule has 4 N–H and O–H groups in total. The maximum atomic E-state index is 13.2. The van der Waals surface area contributed by atoms with Crippen LogP contribution in [0.2, 0.25) is 0 Å². The summed E-state index contributed by atoms with van der Waals surface area (Å²) >= 11 is 1.36. The van der Waals surface area contributed by atoms with Gasteiger partial charge in [-0.25, -0.2) is 9.37 Å².